The van der Waals surface area contributed by atoms with Crippen LogP contribution in [0.3, 0.4) is 0 Å². The summed E-state index contributed by atoms with van der Waals surface area (Å²) >= 11 is 1.89. The van der Waals surface area contributed by atoms with Crippen molar-refractivity contribution in [1.29, 1.82) is 0 Å². The van der Waals surface area contributed by atoms with Gasteiger partial charge in [-0.05, 0) is 30.7 Å². The second-order valence-corrected chi connectivity index (χ2v) is 8.36. The van der Waals surface area contributed by atoms with E-state index < -0.39 is 0 Å². The van der Waals surface area contributed by atoms with E-state index in [1.807, 2.05) is 11.3 Å². The Morgan fingerprint density at radius 1 is 1.25 bits per heavy atom. The van der Waals surface area contributed by atoms with Crippen molar-refractivity contribution in [1.82, 2.24) is 14.9 Å². The van der Waals surface area contributed by atoms with Crippen LogP contribution in [-0.4, -0.2) is 55.3 Å². The largest absolute Gasteiger partial charge is 0.379 e. The molecule has 0 N–H and O–H groups in total. The first-order chi connectivity index (χ1) is 11.6. The summed E-state index contributed by atoms with van der Waals surface area (Å²) in [5.41, 5.74) is 1.51. The van der Waals surface area contributed by atoms with Crippen molar-refractivity contribution in [3.8, 4) is 0 Å². The number of aromatic nitrogens is 2. The SMILES string of the molecule is C[C@H]1CCc2c(sc3nc(CN4CCOCC4)nc(N(C)C)c23)C1. The molecule has 130 valence electrons. The van der Waals surface area contributed by atoms with Crippen LogP contribution in [0.25, 0.3) is 10.2 Å². The maximum Gasteiger partial charge on any atom is 0.146 e. The molecule has 2 aromatic heterocycles. The van der Waals surface area contributed by atoms with Crippen molar-refractivity contribution in [3.63, 3.8) is 0 Å². The third-order valence-electron chi connectivity index (χ3n) is 5.07. The van der Waals surface area contributed by atoms with Crippen molar-refractivity contribution in [2.75, 3.05) is 45.3 Å². The normalized spacial score (nSPS) is 21.9. The van der Waals surface area contributed by atoms with E-state index in [0.717, 1.165) is 50.4 Å². The summed E-state index contributed by atoms with van der Waals surface area (Å²) in [6, 6.07) is 0. The third-order valence-corrected chi connectivity index (χ3v) is 6.22. The van der Waals surface area contributed by atoms with Gasteiger partial charge in [0.15, 0.2) is 0 Å². The molecule has 1 fully saturated rings. The Hall–Kier alpha value is -1.24. The topological polar surface area (TPSA) is 41.5 Å². The molecular weight excluding hydrogens is 320 g/mol. The highest BCUT2D eigenvalue weighted by atomic mass is 32.1. The molecular formula is C18H26N4OS. The first-order valence-electron chi connectivity index (χ1n) is 8.90. The van der Waals surface area contributed by atoms with E-state index in [1.54, 1.807) is 0 Å². The molecule has 1 saturated heterocycles. The molecule has 0 aromatic carbocycles. The summed E-state index contributed by atoms with van der Waals surface area (Å²) in [7, 11) is 4.19. The molecule has 0 spiro atoms. The van der Waals surface area contributed by atoms with Crippen LogP contribution in [0, 0.1) is 5.92 Å². The van der Waals surface area contributed by atoms with E-state index in [-0.39, 0.29) is 0 Å². The molecule has 1 aliphatic carbocycles. The van der Waals surface area contributed by atoms with Gasteiger partial charge in [-0.2, -0.15) is 0 Å². The van der Waals surface area contributed by atoms with Crippen LogP contribution in [0.1, 0.15) is 29.6 Å². The van der Waals surface area contributed by atoms with E-state index in [4.69, 9.17) is 14.7 Å². The molecule has 0 radical (unpaired) electrons. The van der Waals surface area contributed by atoms with Crippen LogP contribution in [0.15, 0.2) is 0 Å². The molecule has 2 aliphatic rings. The van der Waals surface area contributed by atoms with Gasteiger partial charge >= 0.3 is 0 Å². The lowest BCUT2D eigenvalue weighted by Gasteiger charge is -2.26. The Morgan fingerprint density at radius 2 is 2.04 bits per heavy atom. The number of thiophene rings is 1. The number of ether oxygens (including phenoxy) is 1. The highest BCUT2D eigenvalue weighted by Crippen LogP contribution is 2.40. The highest BCUT2D eigenvalue weighted by Gasteiger charge is 2.25. The lowest BCUT2D eigenvalue weighted by atomic mass is 9.89. The predicted octanol–water partition coefficient (Wildman–Crippen LogP) is 2.71. The average molecular weight is 347 g/mol. The number of hydrogen-bond donors (Lipinski definition) is 0. The fourth-order valence-electron chi connectivity index (χ4n) is 3.72. The summed E-state index contributed by atoms with van der Waals surface area (Å²) in [6.07, 6.45) is 3.65. The van der Waals surface area contributed by atoms with Gasteiger partial charge in [-0.1, -0.05) is 6.92 Å². The minimum Gasteiger partial charge on any atom is -0.379 e. The van der Waals surface area contributed by atoms with E-state index in [9.17, 15) is 0 Å². The zero-order valence-corrected chi connectivity index (χ0v) is 15.7. The number of anilines is 1. The summed E-state index contributed by atoms with van der Waals surface area (Å²) in [5.74, 6) is 2.82. The van der Waals surface area contributed by atoms with Crippen molar-refractivity contribution < 1.29 is 4.74 Å². The summed E-state index contributed by atoms with van der Waals surface area (Å²) < 4.78 is 5.45. The van der Waals surface area contributed by atoms with Crippen molar-refractivity contribution in [2.45, 2.75) is 32.7 Å². The van der Waals surface area contributed by atoms with Crippen LogP contribution < -0.4 is 4.90 Å². The fraction of sp³-hybridized carbons (Fsp3) is 0.667. The first kappa shape index (κ1) is 16.2. The van der Waals surface area contributed by atoms with Crippen LogP contribution >= 0.6 is 11.3 Å². The Balaban J connectivity index is 1.74. The Labute approximate surface area is 147 Å². The number of nitrogens with zero attached hydrogens (tertiary/aromatic N) is 4. The van der Waals surface area contributed by atoms with Gasteiger partial charge in [-0.3, -0.25) is 4.90 Å². The molecule has 0 amide bonds. The smallest absolute Gasteiger partial charge is 0.146 e. The van der Waals surface area contributed by atoms with Crippen LogP contribution in [0.4, 0.5) is 5.82 Å². The lowest BCUT2D eigenvalue weighted by molar-refractivity contribution is 0.0331. The molecule has 0 unspecified atom stereocenters. The molecule has 0 saturated carbocycles. The number of aryl methyl sites for hydroxylation is 1. The minimum absolute atomic E-state index is 0.786. The predicted molar refractivity (Wildman–Crippen MR) is 99.0 cm³/mol. The van der Waals surface area contributed by atoms with E-state index in [1.165, 1.54) is 39.9 Å². The maximum absolute atomic E-state index is 5.45. The fourth-order valence-corrected chi connectivity index (χ4v) is 5.12. The second-order valence-electron chi connectivity index (χ2n) is 7.28. The van der Waals surface area contributed by atoms with E-state index >= 15 is 0 Å². The molecule has 0 bridgehead atoms. The molecule has 24 heavy (non-hydrogen) atoms. The highest BCUT2D eigenvalue weighted by molar-refractivity contribution is 7.19. The third kappa shape index (κ3) is 3.03. The van der Waals surface area contributed by atoms with Gasteiger partial charge in [-0.25, -0.2) is 9.97 Å². The molecule has 2 aromatic rings. The molecule has 1 atom stereocenters. The van der Waals surface area contributed by atoms with Gasteiger partial charge in [0.2, 0.25) is 0 Å². The van der Waals surface area contributed by atoms with Crippen molar-refractivity contribution in [2.24, 2.45) is 5.92 Å². The monoisotopic (exact) mass is 346 g/mol. The molecule has 6 heteroatoms. The summed E-state index contributed by atoms with van der Waals surface area (Å²) in [5, 5.41) is 1.30. The van der Waals surface area contributed by atoms with Gasteiger partial charge in [0.1, 0.15) is 16.5 Å². The lowest BCUT2D eigenvalue weighted by Crippen LogP contribution is -2.36. The molecule has 1 aliphatic heterocycles. The van der Waals surface area contributed by atoms with Gasteiger partial charge < -0.3 is 9.64 Å². The summed E-state index contributed by atoms with van der Waals surface area (Å²) in [4.78, 5) is 17.1. The second kappa shape index (κ2) is 6.58. The van der Waals surface area contributed by atoms with E-state index in [0.29, 0.717) is 0 Å². The van der Waals surface area contributed by atoms with Crippen molar-refractivity contribution >= 4 is 27.4 Å². The molecule has 5 nitrogen and oxygen atoms in total. The van der Waals surface area contributed by atoms with Gasteiger partial charge in [0.25, 0.3) is 0 Å². The van der Waals surface area contributed by atoms with Gasteiger partial charge in [-0.15, -0.1) is 11.3 Å². The Kier molecular flexibility index (Phi) is 4.45. The zero-order valence-electron chi connectivity index (χ0n) is 14.8. The molecule has 3 heterocycles. The van der Waals surface area contributed by atoms with Crippen molar-refractivity contribution in [3.05, 3.63) is 16.3 Å². The van der Waals surface area contributed by atoms with Crippen LogP contribution in [0.5, 0.6) is 0 Å². The van der Waals surface area contributed by atoms with E-state index in [2.05, 4.69) is 30.8 Å². The average Bonchev–Trinajstić information content (AvgIpc) is 2.92. The number of rotatable bonds is 3. The first-order valence-corrected chi connectivity index (χ1v) is 9.72. The number of fused-ring (bicyclic) bond motifs is 3. The van der Waals surface area contributed by atoms with Gasteiger partial charge in [0.05, 0.1) is 25.1 Å². The standard InChI is InChI=1S/C18H26N4OS/c1-12-4-5-13-14(10-12)24-18-16(13)17(21(2)3)19-15(20-18)11-22-6-8-23-9-7-22/h12H,4-11H2,1-3H3/t12-/m0/s1. The van der Waals surface area contributed by atoms with Crippen LogP contribution in [0.2, 0.25) is 0 Å². The minimum atomic E-state index is 0.786. The summed E-state index contributed by atoms with van der Waals surface area (Å²) in [6.45, 7) is 6.74. The number of hydrogen-bond acceptors (Lipinski definition) is 6. The quantitative estimate of drug-likeness (QED) is 0.855. The Morgan fingerprint density at radius 3 is 2.79 bits per heavy atom. The molecule has 4 rings (SSSR count). The number of morpholine rings is 1. The Bertz CT molecular complexity index is 736. The zero-order chi connectivity index (χ0) is 16.7. The van der Waals surface area contributed by atoms with Gasteiger partial charge in [0, 0.05) is 32.1 Å². The maximum atomic E-state index is 5.45. The van der Waals surface area contributed by atoms with Crippen LogP contribution in [-0.2, 0) is 24.1 Å².